The molecule has 1 rings (SSSR count). The zero-order chi connectivity index (χ0) is 11.3. The minimum absolute atomic E-state index is 0.165. The van der Waals surface area contributed by atoms with E-state index in [9.17, 15) is 4.79 Å². The van der Waals surface area contributed by atoms with Crippen molar-refractivity contribution >= 4 is 5.97 Å². The molecular weight excluding hydrogens is 196 g/mol. The van der Waals surface area contributed by atoms with Crippen molar-refractivity contribution in [2.24, 2.45) is 0 Å². The molecule has 0 radical (unpaired) electrons. The molecule has 0 amide bonds. The summed E-state index contributed by atoms with van der Waals surface area (Å²) in [4.78, 5) is 11.1. The number of carboxylic acid groups (broad SMARTS) is 1. The molecule has 1 aliphatic carbocycles. The average Bonchev–Trinajstić information content (AvgIpc) is 2.62. The SMILES string of the molecule is CC(C)OCCOC1(C(=O)O)CCCC1. The van der Waals surface area contributed by atoms with Crippen LogP contribution in [0.15, 0.2) is 0 Å². The molecule has 0 aromatic carbocycles. The highest BCUT2D eigenvalue weighted by Gasteiger charge is 2.42. The van der Waals surface area contributed by atoms with Crippen LogP contribution in [0.3, 0.4) is 0 Å². The van der Waals surface area contributed by atoms with Crippen LogP contribution >= 0.6 is 0 Å². The first-order valence-corrected chi connectivity index (χ1v) is 5.56. The van der Waals surface area contributed by atoms with Crippen molar-refractivity contribution in [2.75, 3.05) is 13.2 Å². The van der Waals surface area contributed by atoms with Crippen molar-refractivity contribution in [3.05, 3.63) is 0 Å². The number of ether oxygens (including phenoxy) is 2. The fourth-order valence-electron chi connectivity index (χ4n) is 1.89. The molecule has 1 aliphatic rings. The highest BCUT2D eigenvalue weighted by molar-refractivity contribution is 5.77. The van der Waals surface area contributed by atoms with Gasteiger partial charge in [-0.25, -0.2) is 4.79 Å². The van der Waals surface area contributed by atoms with E-state index in [4.69, 9.17) is 14.6 Å². The van der Waals surface area contributed by atoms with Crippen molar-refractivity contribution < 1.29 is 19.4 Å². The molecule has 0 saturated heterocycles. The Morgan fingerprint density at radius 1 is 1.33 bits per heavy atom. The lowest BCUT2D eigenvalue weighted by Crippen LogP contribution is -2.39. The highest BCUT2D eigenvalue weighted by Crippen LogP contribution is 2.33. The Morgan fingerprint density at radius 3 is 2.40 bits per heavy atom. The van der Waals surface area contributed by atoms with Crippen molar-refractivity contribution in [3.8, 4) is 0 Å². The number of hydrogen-bond acceptors (Lipinski definition) is 3. The Balaban J connectivity index is 2.30. The fourth-order valence-corrected chi connectivity index (χ4v) is 1.89. The van der Waals surface area contributed by atoms with Gasteiger partial charge in [-0.2, -0.15) is 0 Å². The highest BCUT2D eigenvalue weighted by atomic mass is 16.6. The normalized spacial score (nSPS) is 19.7. The van der Waals surface area contributed by atoms with E-state index in [1.807, 2.05) is 13.8 Å². The summed E-state index contributed by atoms with van der Waals surface area (Å²) in [6.07, 6.45) is 3.31. The summed E-state index contributed by atoms with van der Waals surface area (Å²) in [5.74, 6) is -0.829. The average molecular weight is 216 g/mol. The van der Waals surface area contributed by atoms with Crippen LogP contribution in [0.25, 0.3) is 0 Å². The maximum Gasteiger partial charge on any atom is 0.335 e. The summed E-state index contributed by atoms with van der Waals surface area (Å²) < 4.78 is 10.8. The third-order valence-electron chi connectivity index (χ3n) is 2.71. The molecule has 0 heterocycles. The van der Waals surface area contributed by atoms with Crippen LogP contribution in [-0.2, 0) is 14.3 Å². The van der Waals surface area contributed by atoms with E-state index >= 15 is 0 Å². The van der Waals surface area contributed by atoms with Crippen LogP contribution in [0.2, 0.25) is 0 Å². The van der Waals surface area contributed by atoms with Gasteiger partial charge in [0.15, 0.2) is 5.60 Å². The number of carboxylic acids is 1. The van der Waals surface area contributed by atoms with Gasteiger partial charge in [0, 0.05) is 0 Å². The lowest BCUT2D eigenvalue weighted by molar-refractivity contribution is -0.167. The molecular formula is C11H20O4. The first kappa shape index (κ1) is 12.5. The molecule has 88 valence electrons. The monoisotopic (exact) mass is 216 g/mol. The van der Waals surface area contributed by atoms with Crippen molar-refractivity contribution in [1.29, 1.82) is 0 Å². The maximum absolute atomic E-state index is 11.1. The summed E-state index contributed by atoms with van der Waals surface area (Å²) in [6.45, 7) is 4.72. The topological polar surface area (TPSA) is 55.8 Å². The summed E-state index contributed by atoms with van der Waals surface area (Å²) >= 11 is 0. The van der Waals surface area contributed by atoms with Crippen LogP contribution in [0.5, 0.6) is 0 Å². The molecule has 0 unspecified atom stereocenters. The molecule has 1 fully saturated rings. The second-order valence-corrected chi connectivity index (χ2v) is 4.27. The third kappa shape index (κ3) is 3.47. The molecule has 0 aromatic rings. The van der Waals surface area contributed by atoms with Gasteiger partial charge in [-0.05, 0) is 39.5 Å². The predicted molar refractivity (Wildman–Crippen MR) is 55.9 cm³/mol. The van der Waals surface area contributed by atoms with Gasteiger partial charge in [0.25, 0.3) is 0 Å². The quantitative estimate of drug-likeness (QED) is 0.688. The van der Waals surface area contributed by atoms with E-state index in [0.29, 0.717) is 26.1 Å². The summed E-state index contributed by atoms with van der Waals surface area (Å²) in [5, 5.41) is 9.11. The Hall–Kier alpha value is -0.610. The van der Waals surface area contributed by atoms with E-state index < -0.39 is 11.6 Å². The van der Waals surface area contributed by atoms with Crippen LogP contribution < -0.4 is 0 Å². The van der Waals surface area contributed by atoms with E-state index in [-0.39, 0.29) is 6.10 Å². The molecule has 0 atom stereocenters. The maximum atomic E-state index is 11.1. The number of rotatable bonds is 6. The van der Waals surface area contributed by atoms with E-state index in [0.717, 1.165) is 12.8 Å². The van der Waals surface area contributed by atoms with Gasteiger partial charge < -0.3 is 14.6 Å². The number of hydrogen-bond donors (Lipinski definition) is 1. The standard InChI is InChI=1S/C11H20O4/c1-9(2)14-7-8-15-11(10(12)13)5-3-4-6-11/h9H,3-8H2,1-2H3,(H,12,13). The van der Waals surface area contributed by atoms with Gasteiger partial charge >= 0.3 is 5.97 Å². The van der Waals surface area contributed by atoms with E-state index in [1.165, 1.54) is 0 Å². The molecule has 0 aliphatic heterocycles. The lowest BCUT2D eigenvalue weighted by atomic mass is 10.0. The smallest absolute Gasteiger partial charge is 0.335 e. The second-order valence-electron chi connectivity index (χ2n) is 4.27. The molecule has 4 nitrogen and oxygen atoms in total. The van der Waals surface area contributed by atoms with Gasteiger partial charge in [0.2, 0.25) is 0 Å². The van der Waals surface area contributed by atoms with Crippen molar-refractivity contribution in [3.63, 3.8) is 0 Å². The van der Waals surface area contributed by atoms with Crippen LogP contribution in [0, 0.1) is 0 Å². The van der Waals surface area contributed by atoms with Crippen molar-refractivity contribution in [1.82, 2.24) is 0 Å². The Bertz CT molecular complexity index is 207. The molecule has 1 saturated carbocycles. The molecule has 0 aromatic heterocycles. The largest absolute Gasteiger partial charge is 0.479 e. The minimum atomic E-state index is -0.930. The van der Waals surface area contributed by atoms with Gasteiger partial charge in [-0.15, -0.1) is 0 Å². The van der Waals surface area contributed by atoms with Crippen molar-refractivity contribution in [2.45, 2.75) is 51.2 Å². The van der Waals surface area contributed by atoms with E-state index in [2.05, 4.69) is 0 Å². The number of aliphatic carboxylic acids is 1. The van der Waals surface area contributed by atoms with Gasteiger partial charge in [-0.3, -0.25) is 0 Å². The zero-order valence-electron chi connectivity index (χ0n) is 9.49. The Labute approximate surface area is 90.6 Å². The van der Waals surface area contributed by atoms with Crippen LogP contribution in [0.4, 0.5) is 0 Å². The molecule has 0 spiro atoms. The van der Waals surface area contributed by atoms with Crippen LogP contribution in [-0.4, -0.2) is 36.0 Å². The molecule has 1 N–H and O–H groups in total. The van der Waals surface area contributed by atoms with Gasteiger partial charge in [-0.1, -0.05) is 0 Å². The number of carbonyl (C=O) groups is 1. The van der Waals surface area contributed by atoms with Gasteiger partial charge in [0.05, 0.1) is 19.3 Å². The molecule has 4 heteroatoms. The summed E-state index contributed by atoms with van der Waals surface area (Å²) in [7, 11) is 0. The minimum Gasteiger partial charge on any atom is -0.479 e. The lowest BCUT2D eigenvalue weighted by Gasteiger charge is -2.24. The van der Waals surface area contributed by atoms with E-state index in [1.54, 1.807) is 0 Å². The second kappa shape index (κ2) is 5.47. The summed E-state index contributed by atoms with van der Waals surface area (Å²) in [6, 6.07) is 0. The first-order chi connectivity index (χ1) is 7.07. The van der Waals surface area contributed by atoms with Crippen LogP contribution in [0.1, 0.15) is 39.5 Å². The fraction of sp³-hybridized carbons (Fsp3) is 0.909. The zero-order valence-corrected chi connectivity index (χ0v) is 9.49. The third-order valence-corrected chi connectivity index (χ3v) is 2.71. The molecule has 15 heavy (non-hydrogen) atoms. The predicted octanol–water partition coefficient (Wildman–Crippen LogP) is 1.83. The Morgan fingerprint density at radius 2 is 1.93 bits per heavy atom. The Kier molecular flexibility index (Phi) is 4.54. The first-order valence-electron chi connectivity index (χ1n) is 5.56. The molecule has 0 bridgehead atoms. The summed E-state index contributed by atoms with van der Waals surface area (Å²) in [5.41, 5.74) is -0.930. The van der Waals surface area contributed by atoms with Gasteiger partial charge in [0.1, 0.15) is 0 Å².